The number of benzene rings is 1. The molecule has 2 aromatic rings. The first-order valence-electron chi connectivity index (χ1n) is 7.48. The summed E-state index contributed by atoms with van der Waals surface area (Å²) in [6, 6.07) is 12.5. The van der Waals surface area contributed by atoms with Crippen LogP contribution in [0.5, 0.6) is 5.75 Å². The molecule has 0 aliphatic heterocycles. The normalized spacial score (nSPS) is 14.7. The minimum atomic E-state index is -0.0736. The summed E-state index contributed by atoms with van der Waals surface area (Å²) in [4.78, 5) is 1.18. The second-order valence-electron chi connectivity index (χ2n) is 6.40. The van der Waals surface area contributed by atoms with Gasteiger partial charge in [0.1, 0.15) is 11.9 Å². The predicted octanol–water partition coefficient (Wildman–Crippen LogP) is 4.90. The van der Waals surface area contributed by atoms with Gasteiger partial charge in [-0.1, -0.05) is 45.9 Å². The summed E-state index contributed by atoms with van der Waals surface area (Å²) in [6.45, 7) is 8.73. The number of hydrogen-bond donors (Lipinski definition) is 1. The first-order valence-corrected chi connectivity index (χ1v) is 8.36. The van der Waals surface area contributed by atoms with E-state index in [1.54, 1.807) is 11.3 Å². The molecule has 2 unspecified atom stereocenters. The Morgan fingerprint density at radius 1 is 1.14 bits per heavy atom. The molecule has 21 heavy (non-hydrogen) atoms. The number of rotatable bonds is 5. The minimum absolute atomic E-state index is 0.00550. The largest absolute Gasteiger partial charge is 0.483 e. The van der Waals surface area contributed by atoms with Crippen LogP contribution in [0.3, 0.4) is 0 Å². The maximum Gasteiger partial charge on any atom is 0.148 e. The van der Waals surface area contributed by atoms with Gasteiger partial charge in [-0.3, -0.25) is 0 Å². The Labute approximate surface area is 132 Å². The van der Waals surface area contributed by atoms with Gasteiger partial charge < -0.3 is 10.5 Å². The molecule has 3 heteroatoms. The van der Waals surface area contributed by atoms with Gasteiger partial charge in [-0.2, -0.15) is 0 Å². The van der Waals surface area contributed by atoms with Crippen molar-refractivity contribution >= 4 is 11.3 Å². The van der Waals surface area contributed by atoms with Gasteiger partial charge >= 0.3 is 0 Å². The molecular weight excluding hydrogens is 278 g/mol. The molecule has 1 heterocycles. The van der Waals surface area contributed by atoms with Gasteiger partial charge in [0.2, 0.25) is 0 Å². The average molecular weight is 303 g/mol. The van der Waals surface area contributed by atoms with E-state index < -0.39 is 0 Å². The topological polar surface area (TPSA) is 35.2 Å². The Balaban J connectivity index is 2.17. The molecule has 2 N–H and O–H groups in total. The highest BCUT2D eigenvalue weighted by Gasteiger charge is 2.22. The Morgan fingerprint density at radius 3 is 2.29 bits per heavy atom. The van der Waals surface area contributed by atoms with Crippen LogP contribution in [0, 0.1) is 0 Å². The van der Waals surface area contributed by atoms with Crippen LogP contribution in [0.25, 0.3) is 0 Å². The summed E-state index contributed by atoms with van der Waals surface area (Å²) >= 11 is 1.70. The highest BCUT2D eigenvalue weighted by Crippen LogP contribution is 2.30. The molecule has 0 fully saturated rings. The fourth-order valence-electron chi connectivity index (χ4n) is 2.20. The molecule has 0 radical (unpaired) electrons. The SMILES string of the molecule is CCC(N)C(Oc1ccc(C(C)(C)C)cc1)c1cccs1. The lowest BCUT2D eigenvalue weighted by atomic mass is 9.87. The molecule has 0 bridgehead atoms. The third-order valence-corrected chi connectivity index (χ3v) is 4.60. The monoisotopic (exact) mass is 303 g/mol. The van der Waals surface area contributed by atoms with Crippen molar-refractivity contribution in [2.24, 2.45) is 5.73 Å². The molecule has 2 rings (SSSR count). The Kier molecular flexibility index (Phi) is 5.07. The molecule has 114 valence electrons. The summed E-state index contributed by atoms with van der Waals surface area (Å²) in [5.41, 5.74) is 7.70. The molecule has 1 aromatic heterocycles. The van der Waals surface area contributed by atoms with Crippen LogP contribution in [0.15, 0.2) is 41.8 Å². The van der Waals surface area contributed by atoms with Crippen molar-refractivity contribution in [2.45, 2.75) is 51.7 Å². The lowest BCUT2D eigenvalue weighted by Gasteiger charge is -2.24. The number of ether oxygens (including phenoxy) is 1. The molecule has 0 saturated carbocycles. The van der Waals surface area contributed by atoms with Gasteiger partial charge in [0.15, 0.2) is 0 Å². The Bertz CT molecular complexity index is 540. The molecule has 1 aromatic carbocycles. The van der Waals surface area contributed by atoms with E-state index in [0.717, 1.165) is 12.2 Å². The van der Waals surface area contributed by atoms with E-state index in [4.69, 9.17) is 10.5 Å². The van der Waals surface area contributed by atoms with Crippen LogP contribution in [0.4, 0.5) is 0 Å². The van der Waals surface area contributed by atoms with Crippen LogP contribution in [-0.4, -0.2) is 6.04 Å². The van der Waals surface area contributed by atoms with Crippen LogP contribution >= 0.6 is 11.3 Å². The van der Waals surface area contributed by atoms with Crippen molar-refractivity contribution in [3.63, 3.8) is 0 Å². The summed E-state index contributed by atoms with van der Waals surface area (Å²) in [7, 11) is 0. The van der Waals surface area contributed by atoms with E-state index in [9.17, 15) is 0 Å². The van der Waals surface area contributed by atoms with Gasteiger partial charge in [-0.15, -0.1) is 11.3 Å². The zero-order valence-corrected chi connectivity index (χ0v) is 14.1. The second kappa shape index (κ2) is 6.63. The molecule has 0 spiro atoms. The van der Waals surface area contributed by atoms with E-state index in [0.29, 0.717) is 0 Å². The molecule has 0 aliphatic rings. The zero-order valence-electron chi connectivity index (χ0n) is 13.3. The Morgan fingerprint density at radius 2 is 1.81 bits per heavy atom. The summed E-state index contributed by atoms with van der Waals surface area (Å²) < 4.78 is 6.16. The first kappa shape index (κ1) is 16.1. The minimum Gasteiger partial charge on any atom is -0.483 e. The fraction of sp³-hybridized carbons (Fsp3) is 0.444. The van der Waals surface area contributed by atoms with Gasteiger partial charge in [0, 0.05) is 10.9 Å². The fourth-order valence-corrected chi connectivity index (χ4v) is 3.03. The predicted molar refractivity (Wildman–Crippen MR) is 91.1 cm³/mol. The van der Waals surface area contributed by atoms with Crippen molar-refractivity contribution in [2.75, 3.05) is 0 Å². The lowest BCUT2D eigenvalue weighted by molar-refractivity contribution is 0.174. The van der Waals surface area contributed by atoms with Crippen molar-refractivity contribution < 1.29 is 4.74 Å². The highest BCUT2D eigenvalue weighted by atomic mass is 32.1. The first-order chi connectivity index (χ1) is 9.91. The van der Waals surface area contributed by atoms with Crippen molar-refractivity contribution in [3.05, 3.63) is 52.2 Å². The average Bonchev–Trinajstić information content (AvgIpc) is 2.97. The van der Waals surface area contributed by atoms with E-state index in [-0.39, 0.29) is 17.6 Å². The Hall–Kier alpha value is -1.32. The van der Waals surface area contributed by atoms with Crippen molar-refractivity contribution in [1.82, 2.24) is 0 Å². The third-order valence-electron chi connectivity index (χ3n) is 3.67. The van der Waals surface area contributed by atoms with Crippen LogP contribution in [0.1, 0.15) is 50.7 Å². The van der Waals surface area contributed by atoms with Crippen LogP contribution < -0.4 is 10.5 Å². The number of nitrogens with two attached hydrogens (primary N) is 1. The van der Waals surface area contributed by atoms with E-state index in [1.807, 2.05) is 18.2 Å². The standard InChI is InChI=1S/C18H25NOS/c1-5-15(19)17(16-7-6-12-21-16)20-14-10-8-13(9-11-14)18(2,3)4/h6-12,15,17H,5,19H2,1-4H3. The number of hydrogen-bond acceptors (Lipinski definition) is 3. The highest BCUT2D eigenvalue weighted by molar-refractivity contribution is 7.10. The summed E-state index contributed by atoms with van der Waals surface area (Å²) in [5, 5.41) is 2.07. The van der Waals surface area contributed by atoms with Gasteiger partial charge in [-0.05, 0) is 41.0 Å². The molecule has 0 amide bonds. The van der Waals surface area contributed by atoms with E-state index >= 15 is 0 Å². The third kappa shape index (κ3) is 4.08. The van der Waals surface area contributed by atoms with E-state index in [2.05, 4.69) is 51.3 Å². The summed E-state index contributed by atoms with van der Waals surface area (Å²) in [5.74, 6) is 0.880. The maximum absolute atomic E-state index is 6.24. The number of thiophene rings is 1. The van der Waals surface area contributed by atoms with Crippen molar-refractivity contribution in [3.8, 4) is 5.75 Å². The molecule has 0 aliphatic carbocycles. The zero-order chi connectivity index (χ0) is 15.5. The molecule has 2 atom stereocenters. The molecule has 2 nitrogen and oxygen atoms in total. The van der Waals surface area contributed by atoms with Gasteiger partial charge in [0.05, 0.1) is 0 Å². The second-order valence-corrected chi connectivity index (χ2v) is 7.38. The maximum atomic E-state index is 6.24. The molecular formula is C18H25NOS. The lowest BCUT2D eigenvalue weighted by Crippen LogP contribution is -2.30. The van der Waals surface area contributed by atoms with Crippen LogP contribution in [-0.2, 0) is 5.41 Å². The quantitative estimate of drug-likeness (QED) is 0.852. The van der Waals surface area contributed by atoms with Crippen LogP contribution in [0.2, 0.25) is 0 Å². The van der Waals surface area contributed by atoms with E-state index in [1.165, 1.54) is 10.4 Å². The van der Waals surface area contributed by atoms with Gasteiger partial charge in [-0.25, -0.2) is 0 Å². The summed E-state index contributed by atoms with van der Waals surface area (Å²) in [6.07, 6.45) is 0.818. The smallest absolute Gasteiger partial charge is 0.148 e. The van der Waals surface area contributed by atoms with Gasteiger partial charge in [0.25, 0.3) is 0 Å². The molecule has 0 saturated heterocycles. The van der Waals surface area contributed by atoms with Crippen molar-refractivity contribution in [1.29, 1.82) is 0 Å².